The highest BCUT2D eigenvalue weighted by Gasteiger charge is 2.32. The Labute approximate surface area is 258 Å². The van der Waals surface area contributed by atoms with Crippen LogP contribution >= 0.6 is 0 Å². The average molecular weight is 566 g/mol. The molecule has 1 aliphatic rings. The molecule has 0 spiro atoms. The van der Waals surface area contributed by atoms with Crippen molar-refractivity contribution < 1.29 is 0 Å². The summed E-state index contributed by atoms with van der Waals surface area (Å²) in [6.45, 7) is 4.47. The molecule has 0 fully saturated rings. The van der Waals surface area contributed by atoms with Crippen molar-refractivity contribution in [3.05, 3.63) is 163 Å². The van der Waals surface area contributed by atoms with E-state index in [4.69, 9.17) is 4.98 Å². The van der Waals surface area contributed by atoms with Gasteiger partial charge in [0.05, 0.1) is 22.8 Å². The van der Waals surface area contributed by atoms with E-state index in [1.54, 1.807) is 0 Å². The van der Waals surface area contributed by atoms with Gasteiger partial charge in [0.1, 0.15) is 5.82 Å². The molecule has 0 atom stereocenters. The SMILES string of the molecule is Cc1c2c(n(-c3cc(-c4ccccc4)cc(-c4ccccc4)n3)c1C)-c1ccccc1-c1ccccc1N2c1ccccc1. The molecule has 0 aliphatic carbocycles. The molecule has 8 rings (SSSR count). The molecule has 0 bridgehead atoms. The second kappa shape index (κ2) is 10.6. The zero-order valence-corrected chi connectivity index (χ0v) is 24.8. The van der Waals surface area contributed by atoms with E-state index in [-0.39, 0.29) is 0 Å². The minimum absolute atomic E-state index is 0.904. The summed E-state index contributed by atoms with van der Waals surface area (Å²) >= 11 is 0. The Balaban J connectivity index is 1.48. The molecule has 5 aromatic carbocycles. The van der Waals surface area contributed by atoms with E-state index in [0.29, 0.717) is 0 Å². The Morgan fingerprint density at radius 1 is 0.500 bits per heavy atom. The molecule has 3 heterocycles. The number of pyridine rings is 1. The normalized spacial score (nSPS) is 11.8. The number of anilines is 3. The first-order valence-electron chi connectivity index (χ1n) is 15.1. The smallest absolute Gasteiger partial charge is 0.138 e. The highest BCUT2D eigenvalue weighted by atomic mass is 15.2. The van der Waals surface area contributed by atoms with Gasteiger partial charge < -0.3 is 4.90 Å². The van der Waals surface area contributed by atoms with Gasteiger partial charge in [0.25, 0.3) is 0 Å². The fraction of sp³-hybridized carbons (Fsp3) is 0.0488. The number of rotatable bonds is 4. The molecule has 0 amide bonds. The van der Waals surface area contributed by atoms with Gasteiger partial charge in [-0.25, -0.2) is 4.98 Å². The van der Waals surface area contributed by atoms with Crippen LogP contribution in [0.5, 0.6) is 0 Å². The van der Waals surface area contributed by atoms with Crippen LogP contribution in [0.15, 0.2) is 152 Å². The zero-order chi connectivity index (χ0) is 29.6. The minimum atomic E-state index is 0.904. The lowest BCUT2D eigenvalue weighted by Gasteiger charge is -2.27. The van der Waals surface area contributed by atoms with Crippen molar-refractivity contribution in [1.82, 2.24) is 9.55 Å². The average Bonchev–Trinajstić information content (AvgIpc) is 3.27. The fourth-order valence-corrected chi connectivity index (χ4v) is 6.57. The second-order valence-corrected chi connectivity index (χ2v) is 11.3. The third kappa shape index (κ3) is 4.17. The number of aromatic nitrogens is 2. The number of fused-ring (bicyclic) bond motifs is 5. The third-order valence-corrected chi connectivity index (χ3v) is 8.75. The Morgan fingerprint density at radius 3 is 1.77 bits per heavy atom. The lowest BCUT2D eigenvalue weighted by atomic mass is 9.97. The molecule has 3 heteroatoms. The molecule has 44 heavy (non-hydrogen) atoms. The summed E-state index contributed by atoms with van der Waals surface area (Å²) in [6.07, 6.45) is 0. The van der Waals surface area contributed by atoms with Crippen LogP contribution in [0.25, 0.3) is 50.6 Å². The van der Waals surface area contributed by atoms with E-state index >= 15 is 0 Å². The van der Waals surface area contributed by atoms with Gasteiger partial charge in [-0.2, -0.15) is 0 Å². The Hall–Kier alpha value is -5.67. The number of para-hydroxylation sites is 2. The fourth-order valence-electron chi connectivity index (χ4n) is 6.57. The van der Waals surface area contributed by atoms with E-state index in [2.05, 4.69) is 175 Å². The molecule has 210 valence electrons. The molecule has 0 N–H and O–H groups in total. The van der Waals surface area contributed by atoms with E-state index < -0.39 is 0 Å². The van der Waals surface area contributed by atoms with E-state index in [1.165, 1.54) is 44.9 Å². The van der Waals surface area contributed by atoms with Gasteiger partial charge in [-0.05, 0) is 66.4 Å². The summed E-state index contributed by atoms with van der Waals surface area (Å²) in [7, 11) is 0. The Morgan fingerprint density at radius 2 is 1.07 bits per heavy atom. The monoisotopic (exact) mass is 565 g/mol. The van der Waals surface area contributed by atoms with Gasteiger partial charge in [0, 0.05) is 28.1 Å². The van der Waals surface area contributed by atoms with Crippen LogP contribution < -0.4 is 4.90 Å². The molecular weight excluding hydrogens is 534 g/mol. The van der Waals surface area contributed by atoms with Crippen molar-refractivity contribution in [1.29, 1.82) is 0 Å². The van der Waals surface area contributed by atoms with Gasteiger partial charge in [-0.15, -0.1) is 0 Å². The maximum Gasteiger partial charge on any atom is 0.138 e. The molecule has 0 radical (unpaired) electrons. The standard InChI is InChI=1S/C41H31N3/c1-28-29(2)43(39-27-32(30-16-6-3-7-17-30)26-37(42-39)31-18-8-4-9-19-31)41-36-24-13-12-22-34(36)35-23-14-15-25-38(35)44(40(28)41)33-20-10-5-11-21-33/h3-27H,1-2H3. The van der Waals surface area contributed by atoms with Crippen LogP contribution in [-0.2, 0) is 0 Å². The number of hydrogen-bond acceptors (Lipinski definition) is 2. The first-order valence-corrected chi connectivity index (χ1v) is 15.1. The van der Waals surface area contributed by atoms with Crippen molar-refractivity contribution in [2.75, 3.05) is 4.90 Å². The van der Waals surface area contributed by atoms with Crippen LogP contribution in [0.2, 0.25) is 0 Å². The summed E-state index contributed by atoms with van der Waals surface area (Å²) < 4.78 is 2.38. The lowest BCUT2D eigenvalue weighted by Crippen LogP contribution is -2.11. The lowest BCUT2D eigenvalue weighted by molar-refractivity contribution is 0.965. The molecule has 0 saturated carbocycles. The predicted molar refractivity (Wildman–Crippen MR) is 183 cm³/mol. The third-order valence-electron chi connectivity index (χ3n) is 8.75. The summed E-state index contributed by atoms with van der Waals surface area (Å²) in [5.41, 5.74) is 15.0. The molecule has 7 aromatic rings. The van der Waals surface area contributed by atoms with Crippen molar-refractivity contribution in [3.8, 4) is 50.6 Å². The first-order chi connectivity index (χ1) is 21.7. The van der Waals surface area contributed by atoms with Gasteiger partial charge >= 0.3 is 0 Å². The maximum atomic E-state index is 5.38. The van der Waals surface area contributed by atoms with Crippen molar-refractivity contribution in [2.24, 2.45) is 0 Å². The molecule has 3 nitrogen and oxygen atoms in total. The van der Waals surface area contributed by atoms with E-state index in [0.717, 1.165) is 34.0 Å². The summed E-state index contributed by atoms with van der Waals surface area (Å²) in [6, 6.07) is 53.8. The first kappa shape index (κ1) is 26.0. The van der Waals surface area contributed by atoms with Gasteiger partial charge in [0.2, 0.25) is 0 Å². The largest absolute Gasteiger partial charge is 0.307 e. The highest BCUT2D eigenvalue weighted by Crippen LogP contribution is 2.53. The summed E-state index contributed by atoms with van der Waals surface area (Å²) in [4.78, 5) is 7.81. The van der Waals surface area contributed by atoms with Crippen LogP contribution in [0.3, 0.4) is 0 Å². The van der Waals surface area contributed by atoms with Gasteiger partial charge in [-0.1, -0.05) is 121 Å². The number of hydrogen-bond donors (Lipinski definition) is 0. The second-order valence-electron chi connectivity index (χ2n) is 11.3. The van der Waals surface area contributed by atoms with Crippen LogP contribution in [0.1, 0.15) is 11.3 Å². The van der Waals surface area contributed by atoms with Crippen molar-refractivity contribution in [2.45, 2.75) is 13.8 Å². The van der Waals surface area contributed by atoms with Crippen molar-refractivity contribution in [3.63, 3.8) is 0 Å². The predicted octanol–water partition coefficient (Wildman–Crippen LogP) is 10.9. The number of nitrogens with zero attached hydrogens (tertiary/aromatic N) is 3. The molecule has 0 saturated heterocycles. The number of benzene rings is 5. The molecular formula is C41H31N3. The van der Waals surface area contributed by atoms with E-state index in [1.807, 2.05) is 0 Å². The van der Waals surface area contributed by atoms with Gasteiger partial charge in [0.15, 0.2) is 0 Å². The van der Waals surface area contributed by atoms with E-state index in [9.17, 15) is 0 Å². The minimum Gasteiger partial charge on any atom is -0.307 e. The van der Waals surface area contributed by atoms with Gasteiger partial charge in [-0.3, -0.25) is 4.57 Å². The van der Waals surface area contributed by atoms with Crippen LogP contribution in [0, 0.1) is 13.8 Å². The van der Waals surface area contributed by atoms with Crippen LogP contribution in [0.4, 0.5) is 17.1 Å². The quantitative estimate of drug-likeness (QED) is 0.212. The maximum absolute atomic E-state index is 5.38. The highest BCUT2D eigenvalue weighted by molar-refractivity contribution is 6.03. The van der Waals surface area contributed by atoms with Crippen LogP contribution in [-0.4, -0.2) is 9.55 Å². The summed E-state index contributed by atoms with van der Waals surface area (Å²) in [5, 5.41) is 0. The molecule has 0 unspecified atom stereocenters. The Bertz CT molecular complexity index is 2070. The zero-order valence-electron chi connectivity index (χ0n) is 24.8. The van der Waals surface area contributed by atoms with Crippen molar-refractivity contribution >= 4 is 17.1 Å². The Kier molecular flexibility index (Phi) is 6.23. The summed E-state index contributed by atoms with van der Waals surface area (Å²) in [5.74, 6) is 0.904. The molecule has 1 aliphatic heterocycles. The topological polar surface area (TPSA) is 21.1 Å². The molecule has 2 aromatic heterocycles.